The number of benzene rings is 1. The molecule has 2 aliphatic carbocycles. The Kier molecular flexibility index (Phi) is 3.72. The molecule has 0 aromatic heterocycles. The van der Waals surface area contributed by atoms with Gasteiger partial charge in [0, 0.05) is 22.8 Å². The van der Waals surface area contributed by atoms with Gasteiger partial charge in [-0.15, -0.1) is 0 Å². The second-order valence-electron chi connectivity index (χ2n) is 6.31. The van der Waals surface area contributed by atoms with Crippen LogP contribution < -0.4 is 11.1 Å². The Bertz CT molecular complexity index is 427. The fraction of sp³-hybridized carbons (Fsp3) is 0.625. The van der Waals surface area contributed by atoms with Gasteiger partial charge < -0.3 is 11.1 Å². The van der Waals surface area contributed by atoms with E-state index in [1.807, 2.05) is 12.1 Å². The molecule has 3 rings (SSSR count). The SMILES string of the molecule is NCC1(Nc2ccc(Cl)cc2)CCCC(C2CC2)C1. The van der Waals surface area contributed by atoms with E-state index in [4.69, 9.17) is 17.3 Å². The van der Waals surface area contributed by atoms with Crippen LogP contribution in [0.4, 0.5) is 5.69 Å². The summed E-state index contributed by atoms with van der Waals surface area (Å²) in [5, 5.41) is 4.48. The minimum atomic E-state index is 0.0966. The van der Waals surface area contributed by atoms with Gasteiger partial charge in [0.25, 0.3) is 0 Å². The molecule has 1 aromatic carbocycles. The summed E-state index contributed by atoms with van der Waals surface area (Å²) in [6, 6.07) is 7.99. The first-order valence-electron chi connectivity index (χ1n) is 7.45. The smallest absolute Gasteiger partial charge is 0.0498 e. The van der Waals surface area contributed by atoms with Crippen molar-refractivity contribution in [1.82, 2.24) is 0 Å². The Morgan fingerprint density at radius 1 is 1.16 bits per heavy atom. The van der Waals surface area contributed by atoms with Crippen molar-refractivity contribution in [2.75, 3.05) is 11.9 Å². The maximum absolute atomic E-state index is 6.11. The molecule has 2 fully saturated rings. The molecule has 0 heterocycles. The molecule has 0 radical (unpaired) electrons. The van der Waals surface area contributed by atoms with E-state index in [-0.39, 0.29) is 5.54 Å². The van der Waals surface area contributed by atoms with Crippen LogP contribution >= 0.6 is 11.6 Å². The average molecular weight is 279 g/mol. The first-order chi connectivity index (χ1) is 9.21. The zero-order chi connectivity index (χ0) is 13.3. The highest BCUT2D eigenvalue weighted by Crippen LogP contribution is 2.47. The molecule has 1 aromatic rings. The summed E-state index contributed by atoms with van der Waals surface area (Å²) in [7, 11) is 0. The van der Waals surface area contributed by atoms with Gasteiger partial charge in [0.2, 0.25) is 0 Å². The molecule has 104 valence electrons. The van der Waals surface area contributed by atoms with Crippen molar-refractivity contribution in [1.29, 1.82) is 0 Å². The van der Waals surface area contributed by atoms with E-state index in [2.05, 4.69) is 17.4 Å². The Labute approximate surface area is 120 Å². The molecule has 2 aliphatic rings. The third-order valence-electron chi connectivity index (χ3n) is 4.82. The number of nitrogens with two attached hydrogens (primary N) is 1. The Morgan fingerprint density at radius 3 is 2.53 bits per heavy atom. The second kappa shape index (κ2) is 5.34. The van der Waals surface area contributed by atoms with E-state index in [0.29, 0.717) is 0 Å². The second-order valence-corrected chi connectivity index (χ2v) is 6.75. The lowest BCUT2D eigenvalue weighted by molar-refractivity contribution is 0.228. The lowest BCUT2D eigenvalue weighted by Gasteiger charge is -2.42. The Morgan fingerprint density at radius 2 is 1.89 bits per heavy atom. The van der Waals surface area contributed by atoms with Crippen molar-refractivity contribution in [3.05, 3.63) is 29.3 Å². The summed E-state index contributed by atoms with van der Waals surface area (Å²) in [5.74, 6) is 1.87. The molecular weight excluding hydrogens is 256 g/mol. The van der Waals surface area contributed by atoms with Crippen molar-refractivity contribution in [3.63, 3.8) is 0 Å². The number of hydrogen-bond donors (Lipinski definition) is 2. The topological polar surface area (TPSA) is 38.0 Å². The van der Waals surface area contributed by atoms with Crippen molar-refractivity contribution in [2.24, 2.45) is 17.6 Å². The highest BCUT2D eigenvalue weighted by molar-refractivity contribution is 6.30. The van der Waals surface area contributed by atoms with Gasteiger partial charge in [0.15, 0.2) is 0 Å². The number of anilines is 1. The Hall–Kier alpha value is -0.730. The van der Waals surface area contributed by atoms with E-state index in [1.54, 1.807) is 0 Å². The standard InChI is InChI=1S/C16H23ClN2/c17-14-5-7-15(8-6-14)19-16(11-18)9-1-2-13(10-16)12-3-4-12/h5-8,12-13,19H,1-4,9-11,18H2. The molecule has 0 amide bonds. The van der Waals surface area contributed by atoms with Gasteiger partial charge in [0.05, 0.1) is 0 Å². The van der Waals surface area contributed by atoms with Crippen molar-refractivity contribution in [2.45, 2.75) is 44.1 Å². The fourth-order valence-electron chi connectivity index (χ4n) is 3.57. The van der Waals surface area contributed by atoms with Crippen LogP contribution in [-0.4, -0.2) is 12.1 Å². The van der Waals surface area contributed by atoms with Crippen LogP contribution in [0.3, 0.4) is 0 Å². The molecule has 2 atom stereocenters. The molecule has 0 aliphatic heterocycles. The van der Waals surface area contributed by atoms with Crippen LogP contribution in [0.25, 0.3) is 0 Å². The third-order valence-corrected chi connectivity index (χ3v) is 5.07. The first kappa shape index (κ1) is 13.3. The van der Waals surface area contributed by atoms with Crippen molar-refractivity contribution < 1.29 is 0 Å². The summed E-state index contributed by atoms with van der Waals surface area (Å²) >= 11 is 5.94. The Balaban J connectivity index is 1.72. The maximum atomic E-state index is 6.11. The number of halogens is 1. The zero-order valence-electron chi connectivity index (χ0n) is 11.4. The molecule has 2 unspecified atom stereocenters. The minimum absolute atomic E-state index is 0.0966. The van der Waals surface area contributed by atoms with Crippen LogP contribution in [-0.2, 0) is 0 Å². The molecule has 3 heteroatoms. The van der Waals surface area contributed by atoms with E-state index in [9.17, 15) is 0 Å². The lowest BCUT2D eigenvalue weighted by atomic mass is 9.73. The van der Waals surface area contributed by atoms with E-state index < -0.39 is 0 Å². The van der Waals surface area contributed by atoms with Crippen LogP contribution in [0.5, 0.6) is 0 Å². The van der Waals surface area contributed by atoms with Gasteiger partial charge in [-0.25, -0.2) is 0 Å². The average Bonchev–Trinajstić information content (AvgIpc) is 3.26. The normalized spacial score (nSPS) is 31.2. The minimum Gasteiger partial charge on any atom is -0.378 e. The summed E-state index contributed by atoms with van der Waals surface area (Å²) in [4.78, 5) is 0. The highest BCUT2D eigenvalue weighted by atomic mass is 35.5. The van der Waals surface area contributed by atoms with Gasteiger partial charge in [-0.1, -0.05) is 24.4 Å². The summed E-state index contributed by atoms with van der Waals surface area (Å²) in [6.45, 7) is 0.721. The fourth-order valence-corrected chi connectivity index (χ4v) is 3.69. The van der Waals surface area contributed by atoms with Gasteiger partial charge in [0.1, 0.15) is 0 Å². The lowest BCUT2D eigenvalue weighted by Crippen LogP contribution is -2.49. The van der Waals surface area contributed by atoms with Crippen molar-refractivity contribution in [3.8, 4) is 0 Å². The zero-order valence-corrected chi connectivity index (χ0v) is 12.1. The van der Waals surface area contributed by atoms with E-state index in [1.165, 1.54) is 38.5 Å². The molecule has 0 spiro atoms. The maximum Gasteiger partial charge on any atom is 0.0498 e. The van der Waals surface area contributed by atoms with Crippen molar-refractivity contribution >= 4 is 17.3 Å². The molecule has 0 bridgehead atoms. The molecule has 0 saturated heterocycles. The predicted molar refractivity (Wildman–Crippen MR) is 81.5 cm³/mol. The predicted octanol–water partition coefficient (Wildman–Crippen LogP) is 4.05. The molecule has 2 saturated carbocycles. The van der Waals surface area contributed by atoms with Crippen LogP contribution in [0.2, 0.25) is 5.02 Å². The highest BCUT2D eigenvalue weighted by Gasteiger charge is 2.41. The van der Waals surface area contributed by atoms with Crippen LogP contribution in [0, 0.1) is 11.8 Å². The molecule has 2 nitrogen and oxygen atoms in total. The third kappa shape index (κ3) is 3.06. The number of nitrogens with one attached hydrogen (secondary N) is 1. The van der Waals surface area contributed by atoms with Gasteiger partial charge in [-0.2, -0.15) is 0 Å². The van der Waals surface area contributed by atoms with Gasteiger partial charge in [-0.05, 0) is 61.8 Å². The number of rotatable bonds is 4. The first-order valence-corrected chi connectivity index (χ1v) is 7.82. The van der Waals surface area contributed by atoms with Gasteiger partial charge >= 0.3 is 0 Å². The monoisotopic (exact) mass is 278 g/mol. The van der Waals surface area contributed by atoms with E-state index >= 15 is 0 Å². The number of hydrogen-bond acceptors (Lipinski definition) is 2. The van der Waals surface area contributed by atoms with E-state index in [0.717, 1.165) is 29.1 Å². The van der Waals surface area contributed by atoms with Gasteiger partial charge in [-0.3, -0.25) is 0 Å². The molecular formula is C16H23ClN2. The largest absolute Gasteiger partial charge is 0.378 e. The van der Waals surface area contributed by atoms with Crippen LogP contribution in [0.1, 0.15) is 38.5 Å². The molecule has 19 heavy (non-hydrogen) atoms. The summed E-state index contributed by atoms with van der Waals surface area (Å²) in [6.07, 6.45) is 8.00. The summed E-state index contributed by atoms with van der Waals surface area (Å²) in [5.41, 5.74) is 7.35. The quantitative estimate of drug-likeness (QED) is 0.872. The van der Waals surface area contributed by atoms with Crippen LogP contribution in [0.15, 0.2) is 24.3 Å². The summed E-state index contributed by atoms with van der Waals surface area (Å²) < 4.78 is 0. The molecule has 3 N–H and O–H groups in total.